The van der Waals surface area contributed by atoms with Crippen LogP contribution < -0.4 is 5.32 Å². The van der Waals surface area contributed by atoms with Crippen LogP contribution in [0.15, 0.2) is 24.3 Å². The zero-order valence-corrected chi connectivity index (χ0v) is 15.7. The molecule has 0 fully saturated rings. The maximum absolute atomic E-state index is 12.2. The molecular formula is C18H22N4O5. The number of amides is 1. The molecule has 27 heavy (non-hydrogen) atoms. The van der Waals surface area contributed by atoms with Crippen molar-refractivity contribution in [2.24, 2.45) is 0 Å². The van der Waals surface area contributed by atoms with Crippen LogP contribution in [0.2, 0.25) is 0 Å². The van der Waals surface area contributed by atoms with Gasteiger partial charge in [0.25, 0.3) is 5.91 Å². The van der Waals surface area contributed by atoms with E-state index in [9.17, 15) is 19.7 Å². The van der Waals surface area contributed by atoms with Crippen molar-refractivity contribution in [3.05, 3.63) is 51.3 Å². The lowest BCUT2D eigenvalue weighted by Crippen LogP contribution is -2.31. The minimum Gasteiger partial charge on any atom is -0.451 e. The number of carbonyl (C=O) groups is 2. The number of rotatable bonds is 7. The van der Waals surface area contributed by atoms with Crippen LogP contribution in [0.1, 0.15) is 30.8 Å². The number of esters is 1. The number of ether oxygens (including phenoxy) is 1. The summed E-state index contributed by atoms with van der Waals surface area (Å²) in [5.74, 6) is -1.17. The Morgan fingerprint density at radius 3 is 2.44 bits per heavy atom. The summed E-state index contributed by atoms with van der Waals surface area (Å²) in [6.07, 6.45) is -0.123. The first-order valence-electron chi connectivity index (χ1n) is 8.50. The molecule has 1 aromatic heterocycles. The summed E-state index contributed by atoms with van der Waals surface area (Å²) < 4.78 is 6.31. The van der Waals surface area contributed by atoms with E-state index in [-0.39, 0.29) is 23.6 Å². The topological polar surface area (TPSA) is 116 Å². The number of aryl methyl sites for hydroxylation is 2. The van der Waals surface area contributed by atoms with Crippen LogP contribution in [0.3, 0.4) is 0 Å². The molecule has 0 spiro atoms. The van der Waals surface area contributed by atoms with Crippen molar-refractivity contribution < 1.29 is 19.2 Å². The highest BCUT2D eigenvalue weighted by atomic mass is 16.6. The van der Waals surface area contributed by atoms with Crippen LogP contribution in [0.4, 0.5) is 11.4 Å². The van der Waals surface area contributed by atoms with E-state index in [0.717, 1.165) is 12.0 Å². The second-order valence-electron chi connectivity index (χ2n) is 6.11. The van der Waals surface area contributed by atoms with Gasteiger partial charge >= 0.3 is 11.7 Å². The third-order valence-corrected chi connectivity index (χ3v) is 4.11. The first-order chi connectivity index (χ1) is 12.7. The molecule has 1 heterocycles. The maximum atomic E-state index is 12.2. The molecule has 0 unspecified atom stereocenters. The quantitative estimate of drug-likeness (QED) is 0.452. The maximum Gasteiger partial charge on any atom is 0.328 e. The van der Waals surface area contributed by atoms with Crippen LogP contribution in [0.25, 0.3) is 0 Å². The number of carbonyl (C=O) groups excluding carboxylic acids is 2. The summed E-state index contributed by atoms with van der Waals surface area (Å²) in [6, 6.07) is 7.37. The summed E-state index contributed by atoms with van der Waals surface area (Å²) in [4.78, 5) is 34.7. The van der Waals surface area contributed by atoms with Gasteiger partial charge in [-0.2, -0.15) is 5.10 Å². The molecule has 0 aliphatic rings. The van der Waals surface area contributed by atoms with Gasteiger partial charge in [-0.1, -0.05) is 19.1 Å². The van der Waals surface area contributed by atoms with Gasteiger partial charge in [-0.25, -0.2) is 0 Å². The number of hydrogen-bond donors (Lipinski definition) is 1. The molecule has 1 aromatic carbocycles. The van der Waals surface area contributed by atoms with Gasteiger partial charge < -0.3 is 10.1 Å². The fourth-order valence-corrected chi connectivity index (χ4v) is 2.58. The molecule has 0 saturated carbocycles. The van der Waals surface area contributed by atoms with Gasteiger partial charge in [0, 0.05) is 5.69 Å². The van der Waals surface area contributed by atoms with E-state index in [1.807, 2.05) is 19.1 Å². The standard InChI is InChI=1S/C18H22N4O5/c1-5-14-6-8-15(9-7-14)19-18(24)13(4)27-16(23)10-21-12(3)17(22(25)26)11(2)20-21/h6-9,13H,5,10H2,1-4H3,(H,19,24)/t13-/m1/s1. The zero-order chi connectivity index (χ0) is 20.1. The van der Waals surface area contributed by atoms with Gasteiger partial charge in [0.15, 0.2) is 6.10 Å². The normalized spacial score (nSPS) is 11.7. The first-order valence-corrected chi connectivity index (χ1v) is 8.50. The second-order valence-corrected chi connectivity index (χ2v) is 6.11. The minimum absolute atomic E-state index is 0.135. The fraction of sp³-hybridized carbons (Fsp3) is 0.389. The van der Waals surface area contributed by atoms with Crippen LogP contribution in [0.5, 0.6) is 0 Å². The Morgan fingerprint density at radius 1 is 1.30 bits per heavy atom. The largest absolute Gasteiger partial charge is 0.451 e. The monoisotopic (exact) mass is 374 g/mol. The van der Waals surface area contributed by atoms with E-state index in [1.165, 1.54) is 25.5 Å². The highest BCUT2D eigenvalue weighted by Gasteiger charge is 2.24. The number of nitro groups is 1. The summed E-state index contributed by atoms with van der Waals surface area (Å²) in [5, 5.41) is 17.7. The van der Waals surface area contributed by atoms with E-state index in [0.29, 0.717) is 5.69 Å². The highest BCUT2D eigenvalue weighted by Crippen LogP contribution is 2.21. The SMILES string of the molecule is CCc1ccc(NC(=O)[C@@H](C)OC(=O)Cn2nc(C)c([N+](=O)[O-])c2C)cc1. The summed E-state index contributed by atoms with van der Waals surface area (Å²) in [7, 11) is 0. The number of nitrogens with zero attached hydrogens (tertiary/aromatic N) is 3. The lowest BCUT2D eigenvalue weighted by Gasteiger charge is -2.14. The van der Waals surface area contributed by atoms with Crippen molar-refractivity contribution in [1.82, 2.24) is 9.78 Å². The predicted octanol–water partition coefficient (Wildman–Crippen LogP) is 2.54. The van der Waals surface area contributed by atoms with Crippen LogP contribution in [-0.4, -0.2) is 32.7 Å². The molecule has 2 rings (SSSR count). The summed E-state index contributed by atoms with van der Waals surface area (Å²) >= 11 is 0. The van der Waals surface area contributed by atoms with Crippen LogP contribution >= 0.6 is 0 Å². The third-order valence-electron chi connectivity index (χ3n) is 4.11. The molecule has 1 atom stereocenters. The number of aromatic nitrogens is 2. The Labute approximate surface area is 156 Å². The van der Waals surface area contributed by atoms with Gasteiger partial charge in [0.2, 0.25) is 0 Å². The van der Waals surface area contributed by atoms with Crippen molar-refractivity contribution in [2.45, 2.75) is 46.8 Å². The third kappa shape index (κ3) is 4.90. The van der Waals surface area contributed by atoms with E-state index in [4.69, 9.17) is 4.74 Å². The molecule has 9 heteroatoms. The van der Waals surface area contributed by atoms with Crippen LogP contribution in [0, 0.1) is 24.0 Å². The fourth-order valence-electron chi connectivity index (χ4n) is 2.58. The van der Waals surface area contributed by atoms with Gasteiger partial charge in [-0.3, -0.25) is 24.4 Å². The molecule has 9 nitrogen and oxygen atoms in total. The molecule has 144 valence electrons. The summed E-state index contributed by atoms with van der Waals surface area (Å²) in [5.41, 5.74) is 2.08. The van der Waals surface area contributed by atoms with E-state index < -0.39 is 22.9 Å². The smallest absolute Gasteiger partial charge is 0.328 e. The molecular weight excluding hydrogens is 352 g/mol. The predicted molar refractivity (Wildman–Crippen MR) is 98.4 cm³/mol. The molecule has 0 aliphatic carbocycles. The number of anilines is 1. The Bertz CT molecular complexity index is 857. The minimum atomic E-state index is -1.02. The number of nitrogens with one attached hydrogen (secondary N) is 1. The highest BCUT2D eigenvalue weighted by molar-refractivity contribution is 5.95. The zero-order valence-electron chi connectivity index (χ0n) is 15.7. The molecule has 1 N–H and O–H groups in total. The van der Waals surface area contributed by atoms with Crippen molar-refractivity contribution in [1.29, 1.82) is 0 Å². The summed E-state index contributed by atoms with van der Waals surface area (Å²) in [6.45, 7) is 6.17. The molecule has 2 aromatic rings. The molecule has 0 bridgehead atoms. The Kier molecular flexibility index (Phi) is 6.27. The molecule has 0 radical (unpaired) electrons. The average Bonchev–Trinajstić information content (AvgIpc) is 2.88. The Hall–Kier alpha value is -3.23. The van der Waals surface area contributed by atoms with E-state index >= 15 is 0 Å². The average molecular weight is 374 g/mol. The van der Waals surface area contributed by atoms with Gasteiger partial charge in [-0.05, 0) is 44.9 Å². The van der Waals surface area contributed by atoms with Crippen molar-refractivity contribution in [3.8, 4) is 0 Å². The molecule has 0 saturated heterocycles. The van der Waals surface area contributed by atoms with E-state index in [1.54, 1.807) is 12.1 Å². The van der Waals surface area contributed by atoms with Crippen LogP contribution in [-0.2, 0) is 27.3 Å². The lowest BCUT2D eigenvalue weighted by molar-refractivity contribution is -0.386. The van der Waals surface area contributed by atoms with E-state index in [2.05, 4.69) is 10.4 Å². The lowest BCUT2D eigenvalue weighted by atomic mass is 10.1. The second kappa shape index (κ2) is 8.43. The van der Waals surface area contributed by atoms with Crippen molar-refractivity contribution in [3.63, 3.8) is 0 Å². The van der Waals surface area contributed by atoms with Crippen molar-refractivity contribution >= 4 is 23.3 Å². The first kappa shape index (κ1) is 20.1. The molecule has 1 amide bonds. The number of benzene rings is 1. The van der Waals surface area contributed by atoms with Crippen molar-refractivity contribution in [2.75, 3.05) is 5.32 Å². The Morgan fingerprint density at radius 2 is 1.93 bits per heavy atom. The molecule has 0 aliphatic heterocycles. The van der Waals surface area contributed by atoms with Gasteiger partial charge in [0.1, 0.15) is 17.9 Å². The van der Waals surface area contributed by atoms with Gasteiger partial charge in [0.05, 0.1) is 4.92 Å². The Balaban J connectivity index is 1.95. The number of hydrogen-bond acceptors (Lipinski definition) is 6. The van der Waals surface area contributed by atoms with Gasteiger partial charge in [-0.15, -0.1) is 0 Å².